The number of halogens is 1. The number of ether oxygens (including phenoxy) is 1. The standard InChI is InChI=1S/C20H26FNO4/c1-12(22-19(23)15-3-2-4-16(9-15)20(24)25)14-7-8-18(17(21)10-14)26-11-13-5-6-13/h7-8,10,12-13,15-16H,2-6,9,11H2,1H3,(H,22,23)(H,24,25). The second-order valence-corrected chi connectivity index (χ2v) is 7.57. The Balaban J connectivity index is 1.56. The Bertz CT molecular complexity index is 674. The molecule has 26 heavy (non-hydrogen) atoms. The fourth-order valence-electron chi connectivity index (χ4n) is 3.46. The van der Waals surface area contributed by atoms with Crippen molar-refractivity contribution in [3.63, 3.8) is 0 Å². The largest absolute Gasteiger partial charge is 0.490 e. The van der Waals surface area contributed by atoms with E-state index in [0.29, 0.717) is 37.4 Å². The van der Waals surface area contributed by atoms with Gasteiger partial charge in [0.1, 0.15) is 0 Å². The summed E-state index contributed by atoms with van der Waals surface area (Å²) in [6.45, 7) is 2.35. The summed E-state index contributed by atoms with van der Waals surface area (Å²) in [7, 11) is 0. The van der Waals surface area contributed by atoms with Crippen LogP contribution < -0.4 is 10.1 Å². The van der Waals surface area contributed by atoms with E-state index in [1.165, 1.54) is 6.07 Å². The molecule has 0 aromatic heterocycles. The van der Waals surface area contributed by atoms with Gasteiger partial charge in [-0.1, -0.05) is 12.5 Å². The molecule has 0 saturated heterocycles. The predicted molar refractivity (Wildman–Crippen MR) is 94.3 cm³/mol. The molecular formula is C20H26FNO4. The highest BCUT2D eigenvalue weighted by Gasteiger charge is 2.31. The zero-order valence-corrected chi connectivity index (χ0v) is 15.0. The highest BCUT2D eigenvalue weighted by Crippen LogP contribution is 2.32. The topological polar surface area (TPSA) is 75.6 Å². The maximum absolute atomic E-state index is 14.2. The van der Waals surface area contributed by atoms with E-state index in [1.807, 2.05) is 0 Å². The first-order valence-electron chi connectivity index (χ1n) is 9.39. The normalized spacial score (nSPS) is 23.9. The Hall–Kier alpha value is -2.11. The first kappa shape index (κ1) is 18.7. The number of amides is 1. The van der Waals surface area contributed by atoms with Gasteiger partial charge < -0.3 is 15.2 Å². The summed E-state index contributed by atoms with van der Waals surface area (Å²) in [5.74, 6) is -1.35. The molecule has 2 fully saturated rings. The third-order valence-corrected chi connectivity index (χ3v) is 5.38. The van der Waals surface area contributed by atoms with Crippen molar-refractivity contribution in [1.29, 1.82) is 0 Å². The van der Waals surface area contributed by atoms with Crippen LogP contribution in [0.2, 0.25) is 0 Å². The van der Waals surface area contributed by atoms with Crippen LogP contribution in [0.4, 0.5) is 4.39 Å². The van der Waals surface area contributed by atoms with Gasteiger partial charge in [0.15, 0.2) is 11.6 Å². The van der Waals surface area contributed by atoms with Crippen LogP contribution in [-0.4, -0.2) is 23.6 Å². The third-order valence-electron chi connectivity index (χ3n) is 5.38. The molecule has 6 heteroatoms. The van der Waals surface area contributed by atoms with E-state index in [-0.39, 0.29) is 23.6 Å². The molecule has 1 aromatic rings. The first-order chi connectivity index (χ1) is 12.4. The van der Waals surface area contributed by atoms with Gasteiger partial charge in [-0.05, 0) is 62.6 Å². The first-order valence-corrected chi connectivity index (χ1v) is 9.39. The molecule has 2 saturated carbocycles. The van der Waals surface area contributed by atoms with Crippen molar-refractivity contribution >= 4 is 11.9 Å². The van der Waals surface area contributed by atoms with Crippen molar-refractivity contribution < 1.29 is 23.8 Å². The Kier molecular flexibility index (Phi) is 5.79. The minimum atomic E-state index is -0.834. The van der Waals surface area contributed by atoms with Crippen molar-refractivity contribution in [2.24, 2.45) is 17.8 Å². The number of hydrogen-bond donors (Lipinski definition) is 2. The number of benzene rings is 1. The molecule has 0 spiro atoms. The number of rotatable bonds is 7. The van der Waals surface area contributed by atoms with E-state index in [4.69, 9.17) is 9.84 Å². The smallest absolute Gasteiger partial charge is 0.306 e. The van der Waals surface area contributed by atoms with Gasteiger partial charge in [-0.3, -0.25) is 9.59 Å². The van der Waals surface area contributed by atoms with Crippen LogP contribution in [-0.2, 0) is 9.59 Å². The molecule has 1 amide bonds. The molecule has 5 nitrogen and oxygen atoms in total. The molecule has 3 unspecified atom stereocenters. The van der Waals surface area contributed by atoms with Crippen molar-refractivity contribution in [3.05, 3.63) is 29.6 Å². The second kappa shape index (κ2) is 8.06. The van der Waals surface area contributed by atoms with Gasteiger partial charge in [0, 0.05) is 5.92 Å². The van der Waals surface area contributed by atoms with Crippen LogP contribution >= 0.6 is 0 Å². The number of nitrogens with one attached hydrogen (secondary N) is 1. The molecule has 3 rings (SSSR count). The third kappa shape index (κ3) is 4.74. The Labute approximate surface area is 152 Å². The zero-order chi connectivity index (χ0) is 18.7. The maximum atomic E-state index is 14.2. The van der Waals surface area contributed by atoms with Gasteiger partial charge in [0.25, 0.3) is 0 Å². The van der Waals surface area contributed by atoms with E-state index in [1.54, 1.807) is 19.1 Å². The summed E-state index contributed by atoms with van der Waals surface area (Å²) in [6.07, 6.45) is 4.73. The summed E-state index contributed by atoms with van der Waals surface area (Å²) in [5, 5.41) is 12.0. The lowest BCUT2D eigenvalue weighted by Crippen LogP contribution is -2.36. The van der Waals surface area contributed by atoms with Crippen molar-refractivity contribution in [3.8, 4) is 5.75 Å². The molecular weight excluding hydrogens is 337 g/mol. The molecule has 0 bridgehead atoms. The zero-order valence-electron chi connectivity index (χ0n) is 15.0. The predicted octanol–water partition coefficient (Wildman–Crippen LogP) is 3.68. The summed E-state index contributed by atoms with van der Waals surface area (Å²) in [4.78, 5) is 23.6. The number of hydrogen-bond acceptors (Lipinski definition) is 3. The molecule has 2 aliphatic rings. The second-order valence-electron chi connectivity index (χ2n) is 7.57. The van der Waals surface area contributed by atoms with Crippen molar-refractivity contribution in [2.75, 3.05) is 6.61 Å². The van der Waals surface area contributed by atoms with Crippen LogP contribution in [0.3, 0.4) is 0 Å². The number of carbonyl (C=O) groups excluding carboxylic acids is 1. The van der Waals surface area contributed by atoms with E-state index in [9.17, 15) is 14.0 Å². The van der Waals surface area contributed by atoms with Gasteiger partial charge in [-0.2, -0.15) is 0 Å². The van der Waals surface area contributed by atoms with Gasteiger partial charge in [-0.15, -0.1) is 0 Å². The fraction of sp³-hybridized carbons (Fsp3) is 0.600. The number of carbonyl (C=O) groups is 2. The molecule has 3 atom stereocenters. The maximum Gasteiger partial charge on any atom is 0.306 e. The van der Waals surface area contributed by atoms with E-state index >= 15 is 0 Å². The van der Waals surface area contributed by atoms with E-state index in [2.05, 4.69) is 5.32 Å². The summed E-state index contributed by atoms with van der Waals surface area (Å²) < 4.78 is 19.7. The molecule has 0 radical (unpaired) electrons. The Morgan fingerprint density at radius 1 is 1.27 bits per heavy atom. The molecule has 0 heterocycles. The lowest BCUT2D eigenvalue weighted by molar-refractivity contribution is -0.144. The molecule has 2 aliphatic carbocycles. The average Bonchev–Trinajstić information content (AvgIpc) is 3.45. The average molecular weight is 363 g/mol. The lowest BCUT2D eigenvalue weighted by Gasteiger charge is -2.27. The highest BCUT2D eigenvalue weighted by molar-refractivity contribution is 5.80. The number of carboxylic acid groups (broad SMARTS) is 1. The lowest BCUT2D eigenvalue weighted by atomic mass is 9.81. The molecule has 142 valence electrons. The molecule has 0 aliphatic heterocycles. The van der Waals surface area contributed by atoms with Crippen molar-refractivity contribution in [2.45, 2.75) is 51.5 Å². The summed E-state index contributed by atoms with van der Waals surface area (Å²) in [6, 6.07) is 4.42. The van der Waals surface area contributed by atoms with Gasteiger partial charge >= 0.3 is 5.97 Å². The SMILES string of the molecule is CC(NC(=O)C1CCCC(C(=O)O)C1)c1ccc(OCC2CC2)c(F)c1. The van der Waals surface area contributed by atoms with Crippen LogP contribution in [0.5, 0.6) is 5.75 Å². The fourth-order valence-corrected chi connectivity index (χ4v) is 3.46. The van der Waals surface area contributed by atoms with Crippen LogP contribution in [0.1, 0.15) is 57.1 Å². The number of carboxylic acids is 1. The summed E-state index contributed by atoms with van der Waals surface area (Å²) >= 11 is 0. The van der Waals surface area contributed by atoms with E-state index < -0.39 is 17.7 Å². The monoisotopic (exact) mass is 363 g/mol. The van der Waals surface area contributed by atoms with E-state index in [0.717, 1.165) is 19.3 Å². The minimum absolute atomic E-state index is 0.155. The summed E-state index contributed by atoms with van der Waals surface area (Å²) in [5.41, 5.74) is 0.667. The number of aliphatic carboxylic acids is 1. The minimum Gasteiger partial charge on any atom is -0.490 e. The van der Waals surface area contributed by atoms with Gasteiger partial charge in [-0.25, -0.2) is 4.39 Å². The highest BCUT2D eigenvalue weighted by atomic mass is 19.1. The molecule has 1 aromatic carbocycles. The van der Waals surface area contributed by atoms with Crippen LogP contribution in [0, 0.1) is 23.6 Å². The van der Waals surface area contributed by atoms with Gasteiger partial charge in [0.05, 0.1) is 18.6 Å². The molecule has 2 N–H and O–H groups in total. The van der Waals surface area contributed by atoms with Crippen LogP contribution in [0.15, 0.2) is 18.2 Å². The van der Waals surface area contributed by atoms with Crippen LogP contribution in [0.25, 0.3) is 0 Å². The Morgan fingerprint density at radius 3 is 2.65 bits per heavy atom. The quantitative estimate of drug-likeness (QED) is 0.775. The Morgan fingerprint density at radius 2 is 2.00 bits per heavy atom. The van der Waals surface area contributed by atoms with Gasteiger partial charge in [0.2, 0.25) is 5.91 Å². The van der Waals surface area contributed by atoms with Crippen molar-refractivity contribution in [1.82, 2.24) is 5.32 Å².